The number of carbonyl (C=O) groups excluding carboxylic acids is 1. The Bertz CT molecular complexity index is 527. The van der Waals surface area contributed by atoms with Crippen molar-refractivity contribution in [2.24, 2.45) is 0 Å². The maximum absolute atomic E-state index is 11.1. The first-order valence-electron chi connectivity index (χ1n) is 4.18. The molecule has 0 unspecified atom stereocenters. The van der Waals surface area contributed by atoms with Crippen LogP contribution >= 0.6 is 11.6 Å². The molecule has 0 bridgehead atoms. The van der Waals surface area contributed by atoms with Gasteiger partial charge in [0.25, 0.3) is 5.82 Å². The van der Waals surface area contributed by atoms with Crippen LogP contribution in [0.3, 0.4) is 0 Å². The molecule has 2 rings (SSSR count). The molecular weight excluding hydrogens is 234 g/mol. The van der Waals surface area contributed by atoms with E-state index >= 15 is 0 Å². The maximum atomic E-state index is 11.1. The molecule has 0 radical (unpaired) electrons. The van der Waals surface area contributed by atoms with Gasteiger partial charge in [0.2, 0.25) is 0 Å². The lowest BCUT2D eigenvalue weighted by atomic mass is 10.6. The zero-order valence-corrected chi connectivity index (χ0v) is 8.92. The van der Waals surface area contributed by atoms with Crippen LogP contribution in [0.1, 0.15) is 10.6 Å². The van der Waals surface area contributed by atoms with Crippen molar-refractivity contribution in [3.63, 3.8) is 0 Å². The van der Waals surface area contributed by atoms with Crippen LogP contribution in [0, 0.1) is 0 Å². The van der Waals surface area contributed by atoms with Gasteiger partial charge in [0.05, 0.1) is 13.3 Å². The summed E-state index contributed by atoms with van der Waals surface area (Å²) in [5, 5.41) is 4.18. The summed E-state index contributed by atoms with van der Waals surface area (Å²) in [6.45, 7) is 0. The molecule has 16 heavy (non-hydrogen) atoms. The Kier molecular flexibility index (Phi) is 2.78. The summed E-state index contributed by atoms with van der Waals surface area (Å²) in [7, 11) is 1.25. The van der Waals surface area contributed by atoms with Gasteiger partial charge in [-0.25, -0.2) is 24.4 Å². The Morgan fingerprint density at radius 1 is 1.50 bits per heavy atom. The van der Waals surface area contributed by atoms with Gasteiger partial charge in [-0.3, -0.25) is 0 Å². The molecular formula is C8H6ClN5O2. The first-order valence-corrected chi connectivity index (χ1v) is 4.56. The molecule has 0 aliphatic carbocycles. The number of methoxy groups -OCH3 is 1. The molecule has 0 spiro atoms. The quantitative estimate of drug-likeness (QED) is 0.710. The van der Waals surface area contributed by atoms with E-state index in [0.29, 0.717) is 10.8 Å². The molecule has 0 saturated carbocycles. The van der Waals surface area contributed by atoms with E-state index < -0.39 is 5.97 Å². The number of aromatic nitrogens is 5. The summed E-state index contributed by atoms with van der Waals surface area (Å²) in [5.41, 5.74) is 0. The highest BCUT2D eigenvalue weighted by Crippen LogP contribution is 2.14. The summed E-state index contributed by atoms with van der Waals surface area (Å²) in [4.78, 5) is 22.5. The van der Waals surface area contributed by atoms with Crippen LogP contribution in [0.4, 0.5) is 0 Å². The summed E-state index contributed by atoms with van der Waals surface area (Å²) >= 11 is 5.85. The molecule has 0 aliphatic heterocycles. The van der Waals surface area contributed by atoms with Gasteiger partial charge in [0.15, 0.2) is 5.82 Å². The normalized spacial score (nSPS) is 10.1. The van der Waals surface area contributed by atoms with Crippen molar-refractivity contribution in [1.82, 2.24) is 24.7 Å². The summed E-state index contributed by atoms with van der Waals surface area (Å²) in [5.74, 6) is -0.333. The van der Waals surface area contributed by atoms with E-state index in [0.717, 1.165) is 0 Å². The van der Waals surface area contributed by atoms with Crippen molar-refractivity contribution in [3.8, 4) is 5.82 Å². The minimum absolute atomic E-state index is 0.0582. The van der Waals surface area contributed by atoms with Crippen LogP contribution in [-0.2, 0) is 4.74 Å². The smallest absolute Gasteiger partial charge is 0.377 e. The molecule has 7 nitrogen and oxygen atoms in total. The third-order valence-electron chi connectivity index (χ3n) is 1.73. The Morgan fingerprint density at radius 2 is 2.31 bits per heavy atom. The Balaban J connectivity index is 2.39. The average Bonchev–Trinajstić information content (AvgIpc) is 2.78. The van der Waals surface area contributed by atoms with Crippen LogP contribution in [0.2, 0.25) is 5.02 Å². The number of nitrogens with zero attached hydrogens (tertiary/aromatic N) is 5. The Labute approximate surface area is 95.1 Å². The molecule has 0 saturated heterocycles. The Hall–Kier alpha value is -2.02. The van der Waals surface area contributed by atoms with Crippen LogP contribution in [0.25, 0.3) is 5.82 Å². The molecule has 82 valence electrons. The second kappa shape index (κ2) is 4.23. The molecule has 2 aromatic rings. The fourth-order valence-electron chi connectivity index (χ4n) is 1.02. The maximum Gasteiger partial charge on any atom is 0.377 e. The number of esters is 1. The number of hydrogen-bond acceptors (Lipinski definition) is 6. The van der Waals surface area contributed by atoms with Gasteiger partial charge in [-0.2, -0.15) is 0 Å². The minimum Gasteiger partial charge on any atom is -0.463 e. The average molecular weight is 240 g/mol. The van der Waals surface area contributed by atoms with Gasteiger partial charge in [-0.05, 0) is 0 Å². The van der Waals surface area contributed by atoms with Gasteiger partial charge in [-0.15, -0.1) is 5.10 Å². The lowest BCUT2D eigenvalue weighted by Crippen LogP contribution is -2.06. The van der Waals surface area contributed by atoms with Gasteiger partial charge in [0, 0.05) is 0 Å². The van der Waals surface area contributed by atoms with E-state index in [1.807, 2.05) is 0 Å². The van der Waals surface area contributed by atoms with Crippen molar-refractivity contribution in [3.05, 3.63) is 29.7 Å². The SMILES string of the molecule is COC(=O)c1ncn(-c2ncncc2Cl)n1. The fraction of sp³-hybridized carbons (Fsp3) is 0.125. The number of hydrogen-bond donors (Lipinski definition) is 0. The van der Waals surface area contributed by atoms with Gasteiger partial charge >= 0.3 is 5.97 Å². The minimum atomic E-state index is -0.621. The summed E-state index contributed by atoms with van der Waals surface area (Å²) in [6.07, 6.45) is 4.06. The largest absolute Gasteiger partial charge is 0.463 e. The van der Waals surface area contributed by atoms with Gasteiger partial charge in [0.1, 0.15) is 17.7 Å². The molecule has 0 aromatic carbocycles. The number of halogens is 1. The van der Waals surface area contributed by atoms with Crippen molar-refractivity contribution in [2.75, 3.05) is 7.11 Å². The molecule has 0 atom stereocenters. The lowest BCUT2D eigenvalue weighted by molar-refractivity contribution is 0.0587. The van der Waals surface area contributed by atoms with E-state index in [-0.39, 0.29) is 5.82 Å². The first kappa shape index (κ1) is 10.5. The van der Waals surface area contributed by atoms with Crippen molar-refractivity contribution < 1.29 is 9.53 Å². The summed E-state index contributed by atoms with van der Waals surface area (Å²) < 4.78 is 5.75. The fourth-order valence-corrected chi connectivity index (χ4v) is 1.22. The summed E-state index contributed by atoms with van der Waals surface area (Å²) in [6, 6.07) is 0. The van der Waals surface area contributed by atoms with Crippen LogP contribution in [0.5, 0.6) is 0 Å². The number of rotatable bonds is 2. The third-order valence-corrected chi connectivity index (χ3v) is 1.99. The van der Waals surface area contributed by atoms with Crippen molar-refractivity contribution in [1.29, 1.82) is 0 Å². The van der Waals surface area contributed by atoms with E-state index in [2.05, 4.69) is 24.8 Å². The third kappa shape index (κ3) is 1.84. The van der Waals surface area contributed by atoms with Gasteiger partial charge < -0.3 is 4.74 Å². The van der Waals surface area contributed by atoms with Gasteiger partial charge in [-0.1, -0.05) is 11.6 Å². The van der Waals surface area contributed by atoms with E-state index in [1.54, 1.807) is 0 Å². The zero-order valence-electron chi connectivity index (χ0n) is 8.16. The van der Waals surface area contributed by atoms with Crippen LogP contribution < -0.4 is 0 Å². The zero-order chi connectivity index (χ0) is 11.5. The van der Waals surface area contributed by atoms with Crippen LogP contribution in [-0.4, -0.2) is 37.8 Å². The predicted molar refractivity (Wildman–Crippen MR) is 53.3 cm³/mol. The second-order valence-corrected chi connectivity index (χ2v) is 3.11. The molecule has 8 heteroatoms. The Morgan fingerprint density at radius 3 is 3.00 bits per heavy atom. The van der Waals surface area contributed by atoms with E-state index in [4.69, 9.17) is 11.6 Å². The van der Waals surface area contributed by atoms with Crippen LogP contribution in [0.15, 0.2) is 18.9 Å². The van der Waals surface area contributed by atoms with E-state index in [1.165, 1.54) is 30.6 Å². The molecule has 0 fully saturated rings. The number of carbonyl (C=O) groups is 1. The van der Waals surface area contributed by atoms with Crippen molar-refractivity contribution >= 4 is 17.6 Å². The van der Waals surface area contributed by atoms with Crippen molar-refractivity contribution in [2.45, 2.75) is 0 Å². The highest BCUT2D eigenvalue weighted by molar-refractivity contribution is 6.32. The lowest BCUT2D eigenvalue weighted by Gasteiger charge is -1.99. The highest BCUT2D eigenvalue weighted by Gasteiger charge is 2.13. The molecule has 0 amide bonds. The predicted octanol–water partition coefficient (Wildman–Crippen LogP) is 0.497. The molecule has 0 aliphatic rings. The highest BCUT2D eigenvalue weighted by atomic mass is 35.5. The van der Waals surface area contributed by atoms with E-state index in [9.17, 15) is 4.79 Å². The first-order chi connectivity index (χ1) is 7.72. The number of ether oxygens (including phenoxy) is 1. The second-order valence-electron chi connectivity index (χ2n) is 2.70. The molecule has 0 N–H and O–H groups in total. The molecule has 2 heterocycles. The monoisotopic (exact) mass is 239 g/mol. The molecule has 2 aromatic heterocycles. The standard InChI is InChI=1S/C8H6ClN5O2/c1-16-8(15)6-12-4-14(13-6)7-5(9)2-10-3-11-7/h2-4H,1H3. The topological polar surface area (TPSA) is 82.8 Å².